The van der Waals surface area contributed by atoms with Gasteiger partial charge in [0, 0.05) is 32.0 Å². The second-order valence-electron chi connectivity index (χ2n) is 6.05. The van der Waals surface area contributed by atoms with E-state index < -0.39 is 23.9 Å². The van der Waals surface area contributed by atoms with Crippen molar-refractivity contribution in [3.05, 3.63) is 57.5 Å². The van der Waals surface area contributed by atoms with Gasteiger partial charge in [-0.25, -0.2) is 0 Å². The van der Waals surface area contributed by atoms with Crippen LogP contribution in [0.4, 0.5) is 0 Å². The highest BCUT2D eigenvalue weighted by molar-refractivity contribution is 6.11. The van der Waals surface area contributed by atoms with Gasteiger partial charge in [0.05, 0.1) is 12.7 Å². The fraction of sp³-hybridized carbons (Fsp3) is 0.300. The van der Waals surface area contributed by atoms with Crippen molar-refractivity contribution in [2.45, 2.75) is 13.0 Å². The molecule has 0 aliphatic carbocycles. The van der Waals surface area contributed by atoms with E-state index >= 15 is 0 Å². The van der Waals surface area contributed by atoms with Gasteiger partial charge in [-0.3, -0.25) is 14.4 Å². The summed E-state index contributed by atoms with van der Waals surface area (Å²) in [7, 11) is 2.98. The van der Waals surface area contributed by atoms with E-state index in [1.54, 1.807) is 13.2 Å². The lowest BCUT2D eigenvalue weighted by atomic mass is 10.0. The lowest BCUT2D eigenvalue weighted by molar-refractivity contribution is -0.119. The molecule has 0 atom stereocenters. The highest BCUT2D eigenvalue weighted by Crippen LogP contribution is 2.27. The monoisotopic (exact) mass is 399 g/mol. The molecule has 2 aromatic rings. The fourth-order valence-electron chi connectivity index (χ4n) is 2.63. The van der Waals surface area contributed by atoms with Crippen LogP contribution in [0.3, 0.4) is 0 Å². The molecular formula is C20H21N3O6. The van der Waals surface area contributed by atoms with Crippen LogP contribution >= 0.6 is 0 Å². The zero-order valence-electron chi connectivity index (χ0n) is 16.1. The van der Waals surface area contributed by atoms with Crippen LogP contribution < -0.4 is 20.8 Å². The number of primary amides is 1. The van der Waals surface area contributed by atoms with Gasteiger partial charge >= 0.3 is 0 Å². The number of ether oxygens (including phenoxy) is 3. The molecule has 0 spiro atoms. The van der Waals surface area contributed by atoms with Gasteiger partial charge in [0.25, 0.3) is 11.5 Å². The van der Waals surface area contributed by atoms with Gasteiger partial charge in [-0.05, 0) is 30.7 Å². The molecule has 9 nitrogen and oxygen atoms in total. The van der Waals surface area contributed by atoms with E-state index in [-0.39, 0.29) is 29.0 Å². The maximum Gasteiger partial charge on any atom is 0.268 e. The van der Waals surface area contributed by atoms with Crippen molar-refractivity contribution in [2.24, 2.45) is 5.73 Å². The van der Waals surface area contributed by atoms with Crippen molar-refractivity contribution in [3.8, 4) is 17.6 Å². The Balaban J connectivity index is 2.50. The minimum absolute atomic E-state index is 0.108. The molecule has 0 saturated heterocycles. The number of nitrogens with zero attached hydrogens (tertiary/aromatic N) is 2. The standard InChI is InChI=1S/C20H21N3O6/c1-27-7-3-6-23-11-14(8-13(10-21)20(23)26)19(25)16-9-15(28-2)4-5-17(16)29-12-18(22)24/h4-5,8-9,11H,3,6-7,12H2,1-2H3,(H2,22,24). The minimum atomic E-state index is -0.697. The van der Waals surface area contributed by atoms with E-state index in [2.05, 4.69) is 0 Å². The number of ketones is 1. The highest BCUT2D eigenvalue weighted by Gasteiger charge is 2.19. The molecule has 2 N–H and O–H groups in total. The van der Waals surface area contributed by atoms with E-state index in [4.69, 9.17) is 19.9 Å². The summed E-state index contributed by atoms with van der Waals surface area (Å²) in [6.45, 7) is 0.297. The predicted molar refractivity (Wildman–Crippen MR) is 103 cm³/mol. The van der Waals surface area contributed by atoms with Gasteiger partial charge in [-0.15, -0.1) is 0 Å². The van der Waals surface area contributed by atoms with Crippen molar-refractivity contribution in [2.75, 3.05) is 27.4 Å². The molecule has 0 radical (unpaired) electrons. The highest BCUT2D eigenvalue weighted by atomic mass is 16.5. The van der Waals surface area contributed by atoms with E-state index in [0.717, 1.165) is 0 Å². The first-order valence-electron chi connectivity index (χ1n) is 8.68. The SMILES string of the molecule is COCCCn1cc(C(=O)c2cc(OC)ccc2OCC(N)=O)cc(C#N)c1=O. The van der Waals surface area contributed by atoms with E-state index in [1.807, 2.05) is 6.07 Å². The second kappa shape index (κ2) is 10.1. The molecule has 1 heterocycles. The van der Waals surface area contributed by atoms with Gasteiger partial charge < -0.3 is 24.5 Å². The molecule has 0 saturated carbocycles. The maximum absolute atomic E-state index is 13.1. The fourth-order valence-corrected chi connectivity index (χ4v) is 2.63. The topological polar surface area (TPSA) is 134 Å². The summed E-state index contributed by atoms with van der Waals surface area (Å²) in [6, 6.07) is 7.55. The van der Waals surface area contributed by atoms with Crippen molar-refractivity contribution in [3.63, 3.8) is 0 Å². The Labute approximate surface area is 167 Å². The van der Waals surface area contributed by atoms with Crippen molar-refractivity contribution >= 4 is 11.7 Å². The normalized spacial score (nSPS) is 10.2. The molecule has 9 heteroatoms. The van der Waals surface area contributed by atoms with Gasteiger partial charge in [-0.2, -0.15) is 5.26 Å². The van der Waals surface area contributed by atoms with Crippen LogP contribution in [-0.4, -0.2) is 43.7 Å². The molecule has 0 aliphatic rings. The maximum atomic E-state index is 13.1. The van der Waals surface area contributed by atoms with Gasteiger partial charge in [0.1, 0.15) is 23.1 Å². The summed E-state index contributed by atoms with van der Waals surface area (Å²) in [4.78, 5) is 36.5. The molecule has 0 aliphatic heterocycles. The Hall–Kier alpha value is -3.64. The third-order valence-electron chi connectivity index (χ3n) is 4.02. The number of carbonyl (C=O) groups excluding carboxylic acids is 2. The number of nitrogens with two attached hydrogens (primary N) is 1. The van der Waals surface area contributed by atoms with E-state index in [1.165, 1.54) is 36.1 Å². The summed E-state index contributed by atoms with van der Waals surface area (Å²) in [6.07, 6.45) is 1.92. The number of benzene rings is 1. The molecule has 29 heavy (non-hydrogen) atoms. The summed E-state index contributed by atoms with van der Waals surface area (Å²) >= 11 is 0. The molecule has 152 valence electrons. The Morgan fingerprint density at radius 1 is 1.24 bits per heavy atom. The summed E-state index contributed by atoms with van der Waals surface area (Å²) in [5.41, 5.74) is 4.69. The quantitative estimate of drug-likeness (QED) is 0.462. The predicted octanol–water partition coefficient (Wildman–Crippen LogP) is 0.860. The molecule has 0 unspecified atom stereocenters. The molecule has 1 aromatic carbocycles. The molecule has 1 amide bonds. The van der Waals surface area contributed by atoms with E-state index in [0.29, 0.717) is 18.8 Å². The van der Waals surface area contributed by atoms with E-state index in [9.17, 15) is 19.6 Å². The molecule has 1 aromatic heterocycles. The number of hydrogen-bond donors (Lipinski definition) is 1. The number of hydrogen-bond acceptors (Lipinski definition) is 7. The largest absolute Gasteiger partial charge is 0.497 e. The number of aromatic nitrogens is 1. The smallest absolute Gasteiger partial charge is 0.268 e. The number of pyridine rings is 1. The third kappa shape index (κ3) is 5.43. The number of methoxy groups -OCH3 is 2. The molecule has 0 bridgehead atoms. The first kappa shape index (κ1) is 21.7. The van der Waals surface area contributed by atoms with Crippen LogP contribution in [0.25, 0.3) is 0 Å². The van der Waals surface area contributed by atoms with Crippen molar-refractivity contribution in [1.82, 2.24) is 4.57 Å². The minimum Gasteiger partial charge on any atom is -0.497 e. The Morgan fingerprint density at radius 2 is 2.00 bits per heavy atom. The Bertz CT molecular complexity index is 1010. The first-order valence-corrected chi connectivity index (χ1v) is 8.68. The lowest BCUT2D eigenvalue weighted by Gasteiger charge is -2.13. The number of aryl methyl sites for hydroxylation is 1. The summed E-state index contributed by atoms with van der Waals surface area (Å²) in [5, 5.41) is 9.28. The van der Waals surface area contributed by atoms with Crippen LogP contribution in [-0.2, 0) is 16.1 Å². The van der Waals surface area contributed by atoms with Crippen molar-refractivity contribution < 1.29 is 23.8 Å². The van der Waals surface area contributed by atoms with Crippen molar-refractivity contribution in [1.29, 1.82) is 5.26 Å². The summed E-state index contributed by atoms with van der Waals surface area (Å²) in [5.74, 6) is -0.669. The Morgan fingerprint density at radius 3 is 2.62 bits per heavy atom. The molecular weight excluding hydrogens is 378 g/mol. The second-order valence-corrected chi connectivity index (χ2v) is 6.05. The average Bonchev–Trinajstić information content (AvgIpc) is 2.72. The number of nitriles is 1. The summed E-state index contributed by atoms with van der Waals surface area (Å²) < 4.78 is 16.8. The van der Waals surface area contributed by atoms with Gasteiger partial charge in [0.2, 0.25) is 0 Å². The molecule has 0 fully saturated rings. The van der Waals surface area contributed by atoms with Gasteiger partial charge in [0.15, 0.2) is 12.4 Å². The van der Waals surface area contributed by atoms with Crippen LogP contribution in [0.5, 0.6) is 11.5 Å². The number of carbonyl (C=O) groups is 2. The zero-order chi connectivity index (χ0) is 21.4. The number of amides is 1. The van der Waals surface area contributed by atoms with Crippen LogP contribution in [0.2, 0.25) is 0 Å². The van der Waals surface area contributed by atoms with Crippen LogP contribution in [0.1, 0.15) is 27.9 Å². The Kier molecular flexibility index (Phi) is 7.51. The third-order valence-corrected chi connectivity index (χ3v) is 4.02. The number of rotatable bonds is 10. The van der Waals surface area contributed by atoms with Crippen LogP contribution in [0, 0.1) is 11.3 Å². The molecule has 2 rings (SSSR count). The lowest BCUT2D eigenvalue weighted by Crippen LogP contribution is -2.25. The van der Waals surface area contributed by atoms with Crippen LogP contribution in [0.15, 0.2) is 35.3 Å². The van der Waals surface area contributed by atoms with Gasteiger partial charge in [-0.1, -0.05) is 0 Å². The zero-order valence-corrected chi connectivity index (χ0v) is 16.1. The average molecular weight is 399 g/mol. The first-order chi connectivity index (χ1) is 13.9.